The lowest BCUT2D eigenvalue weighted by atomic mass is 10.0. The van der Waals surface area contributed by atoms with Gasteiger partial charge in [0, 0.05) is 26.4 Å². The Morgan fingerprint density at radius 1 is 1.19 bits per heavy atom. The summed E-state index contributed by atoms with van der Waals surface area (Å²) < 4.78 is 0. The first-order valence-electron chi connectivity index (χ1n) is 7.62. The third-order valence-corrected chi connectivity index (χ3v) is 5.13. The molecule has 1 aromatic carbocycles. The van der Waals surface area contributed by atoms with E-state index in [9.17, 15) is 0 Å². The standard InChI is InChI=1S/C18H24ClNS/c1-5-10-20-18(12(2)3)17-9-8-16(21-17)14-11-13(4)6-7-15(14)19/h6-9,11-12,18,20H,5,10H2,1-4H3. The summed E-state index contributed by atoms with van der Waals surface area (Å²) in [5.41, 5.74) is 2.39. The van der Waals surface area contributed by atoms with Crippen molar-refractivity contribution >= 4 is 22.9 Å². The molecule has 1 heterocycles. The number of nitrogens with one attached hydrogen (secondary N) is 1. The summed E-state index contributed by atoms with van der Waals surface area (Å²) in [4.78, 5) is 2.65. The van der Waals surface area contributed by atoms with Gasteiger partial charge in [-0.15, -0.1) is 11.3 Å². The normalized spacial score (nSPS) is 12.9. The fourth-order valence-corrected chi connectivity index (χ4v) is 4.02. The summed E-state index contributed by atoms with van der Waals surface area (Å²) in [6.07, 6.45) is 1.16. The van der Waals surface area contributed by atoms with Gasteiger partial charge >= 0.3 is 0 Å². The molecule has 114 valence electrons. The average Bonchev–Trinajstić information content (AvgIpc) is 2.91. The van der Waals surface area contributed by atoms with Crippen LogP contribution < -0.4 is 5.32 Å². The molecule has 0 saturated heterocycles. The van der Waals surface area contributed by atoms with Gasteiger partial charge in [0.2, 0.25) is 0 Å². The van der Waals surface area contributed by atoms with Crippen molar-refractivity contribution in [3.63, 3.8) is 0 Å². The molecule has 0 fully saturated rings. The molecule has 0 bridgehead atoms. The minimum absolute atomic E-state index is 0.423. The Morgan fingerprint density at radius 3 is 2.62 bits per heavy atom. The first kappa shape index (κ1) is 16.5. The van der Waals surface area contributed by atoms with Gasteiger partial charge in [-0.25, -0.2) is 0 Å². The van der Waals surface area contributed by atoms with Crippen molar-refractivity contribution in [2.45, 2.75) is 40.2 Å². The van der Waals surface area contributed by atoms with E-state index >= 15 is 0 Å². The van der Waals surface area contributed by atoms with Gasteiger partial charge in [-0.2, -0.15) is 0 Å². The van der Waals surface area contributed by atoms with Gasteiger partial charge in [0.05, 0.1) is 0 Å². The minimum atomic E-state index is 0.423. The van der Waals surface area contributed by atoms with Crippen LogP contribution in [0.25, 0.3) is 10.4 Å². The molecule has 1 atom stereocenters. The van der Waals surface area contributed by atoms with Crippen molar-refractivity contribution in [3.8, 4) is 10.4 Å². The molecular formula is C18H24ClNS. The third-order valence-electron chi connectivity index (χ3n) is 3.60. The maximum atomic E-state index is 6.36. The number of thiophene rings is 1. The van der Waals surface area contributed by atoms with E-state index in [-0.39, 0.29) is 0 Å². The van der Waals surface area contributed by atoms with Crippen LogP contribution in [0.5, 0.6) is 0 Å². The van der Waals surface area contributed by atoms with Crippen molar-refractivity contribution in [2.24, 2.45) is 5.92 Å². The molecule has 2 aromatic rings. The van der Waals surface area contributed by atoms with Crippen molar-refractivity contribution < 1.29 is 0 Å². The quantitative estimate of drug-likeness (QED) is 0.680. The molecular weight excluding hydrogens is 298 g/mol. The van der Waals surface area contributed by atoms with E-state index in [1.165, 1.54) is 15.3 Å². The highest BCUT2D eigenvalue weighted by atomic mass is 35.5. The molecule has 21 heavy (non-hydrogen) atoms. The highest BCUT2D eigenvalue weighted by Gasteiger charge is 2.18. The van der Waals surface area contributed by atoms with Gasteiger partial charge in [0.15, 0.2) is 0 Å². The third kappa shape index (κ3) is 4.09. The van der Waals surface area contributed by atoms with E-state index in [0.717, 1.165) is 23.6 Å². The van der Waals surface area contributed by atoms with Crippen molar-refractivity contribution in [1.29, 1.82) is 0 Å². The van der Waals surface area contributed by atoms with Crippen LogP contribution in [0.1, 0.15) is 43.7 Å². The minimum Gasteiger partial charge on any atom is -0.309 e. The summed E-state index contributed by atoms with van der Waals surface area (Å²) in [7, 11) is 0. The maximum absolute atomic E-state index is 6.36. The lowest BCUT2D eigenvalue weighted by Crippen LogP contribution is -2.25. The fraction of sp³-hybridized carbons (Fsp3) is 0.444. The Hall–Kier alpha value is -0.830. The monoisotopic (exact) mass is 321 g/mol. The number of aryl methyl sites for hydroxylation is 1. The summed E-state index contributed by atoms with van der Waals surface area (Å²) in [6.45, 7) is 9.91. The molecule has 1 aromatic heterocycles. The topological polar surface area (TPSA) is 12.0 Å². The predicted octanol–water partition coefficient (Wildman–Crippen LogP) is 6.07. The van der Waals surface area contributed by atoms with Crippen molar-refractivity contribution in [2.75, 3.05) is 6.54 Å². The Labute approximate surface area is 137 Å². The lowest BCUT2D eigenvalue weighted by molar-refractivity contribution is 0.418. The predicted molar refractivity (Wildman–Crippen MR) is 95.4 cm³/mol. The molecule has 3 heteroatoms. The number of benzene rings is 1. The van der Waals surface area contributed by atoms with E-state index in [0.29, 0.717) is 12.0 Å². The summed E-state index contributed by atoms with van der Waals surface area (Å²) in [6, 6.07) is 11.1. The summed E-state index contributed by atoms with van der Waals surface area (Å²) in [5.74, 6) is 0.580. The number of halogens is 1. The Balaban J connectivity index is 2.29. The van der Waals surface area contributed by atoms with Crippen molar-refractivity contribution in [1.82, 2.24) is 5.32 Å². The van der Waals surface area contributed by atoms with Crippen LogP contribution in [0.15, 0.2) is 30.3 Å². The second-order valence-electron chi connectivity index (χ2n) is 5.86. The fourth-order valence-electron chi connectivity index (χ4n) is 2.46. The van der Waals surface area contributed by atoms with E-state index in [2.05, 4.69) is 57.3 Å². The molecule has 2 rings (SSSR count). The zero-order valence-electron chi connectivity index (χ0n) is 13.2. The maximum Gasteiger partial charge on any atom is 0.0492 e. The Morgan fingerprint density at radius 2 is 1.95 bits per heavy atom. The van der Waals surface area contributed by atoms with Crippen LogP contribution in [0, 0.1) is 12.8 Å². The number of hydrogen-bond donors (Lipinski definition) is 1. The molecule has 0 spiro atoms. The van der Waals surface area contributed by atoms with Crippen LogP contribution in [-0.4, -0.2) is 6.54 Å². The SMILES string of the molecule is CCCNC(c1ccc(-c2cc(C)ccc2Cl)s1)C(C)C. The summed E-state index contributed by atoms with van der Waals surface area (Å²) >= 11 is 8.21. The molecule has 0 aliphatic heterocycles. The second kappa shape index (κ2) is 7.44. The molecule has 1 unspecified atom stereocenters. The van der Waals surface area contributed by atoms with E-state index in [1.807, 2.05) is 17.4 Å². The molecule has 0 aliphatic carbocycles. The van der Waals surface area contributed by atoms with Gasteiger partial charge in [-0.3, -0.25) is 0 Å². The van der Waals surface area contributed by atoms with Crippen LogP contribution in [0.4, 0.5) is 0 Å². The molecule has 0 saturated carbocycles. The van der Waals surface area contributed by atoms with Gasteiger partial charge in [-0.05, 0) is 50.1 Å². The molecule has 0 aliphatic rings. The van der Waals surface area contributed by atoms with Gasteiger partial charge in [0.1, 0.15) is 0 Å². The van der Waals surface area contributed by atoms with Crippen LogP contribution >= 0.6 is 22.9 Å². The van der Waals surface area contributed by atoms with Gasteiger partial charge in [0.25, 0.3) is 0 Å². The van der Waals surface area contributed by atoms with Crippen LogP contribution in [0.3, 0.4) is 0 Å². The zero-order valence-corrected chi connectivity index (χ0v) is 14.8. The highest BCUT2D eigenvalue weighted by Crippen LogP contribution is 2.37. The van der Waals surface area contributed by atoms with Crippen LogP contribution in [-0.2, 0) is 0 Å². The van der Waals surface area contributed by atoms with E-state index in [4.69, 9.17) is 11.6 Å². The largest absolute Gasteiger partial charge is 0.309 e. The molecule has 0 radical (unpaired) electrons. The van der Waals surface area contributed by atoms with E-state index in [1.54, 1.807) is 0 Å². The first-order chi connectivity index (χ1) is 10.0. The zero-order chi connectivity index (χ0) is 15.4. The number of hydrogen-bond acceptors (Lipinski definition) is 2. The lowest BCUT2D eigenvalue weighted by Gasteiger charge is -2.21. The first-order valence-corrected chi connectivity index (χ1v) is 8.82. The number of rotatable bonds is 6. The molecule has 1 N–H and O–H groups in total. The average molecular weight is 322 g/mol. The van der Waals surface area contributed by atoms with Crippen LogP contribution in [0.2, 0.25) is 5.02 Å². The molecule has 0 amide bonds. The molecule has 1 nitrogen and oxygen atoms in total. The highest BCUT2D eigenvalue weighted by molar-refractivity contribution is 7.15. The Bertz CT molecular complexity index is 589. The summed E-state index contributed by atoms with van der Waals surface area (Å²) in [5, 5.41) is 4.48. The van der Waals surface area contributed by atoms with Crippen molar-refractivity contribution in [3.05, 3.63) is 45.8 Å². The van der Waals surface area contributed by atoms with Gasteiger partial charge < -0.3 is 5.32 Å². The smallest absolute Gasteiger partial charge is 0.0492 e. The van der Waals surface area contributed by atoms with Gasteiger partial charge in [-0.1, -0.05) is 44.0 Å². The Kier molecular flexibility index (Phi) is 5.86. The van der Waals surface area contributed by atoms with E-state index < -0.39 is 0 Å². The second-order valence-corrected chi connectivity index (χ2v) is 7.38.